The maximum Gasteiger partial charge on any atom is 0.227 e. The van der Waals surface area contributed by atoms with Crippen molar-refractivity contribution < 1.29 is 14.5 Å². The standard InChI is InChI=1S/C27H25N2O/c1-17(2)19-8-10-20(11-9-19)21-13-15-29(4)24(16-21)25-18(3)7-12-22-23-6-5-14-28-27(23)30-26(22)25/h5-17H,1-4H3/q+1/i1D3,17D. The molecule has 0 radical (unpaired) electrons. The Labute approximate surface area is 182 Å². The number of aromatic nitrogens is 2. The molecule has 0 aliphatic rings. The summed E-state index contributed by atoms with van der Waals surface area (Å²) in [6.07, 6.45) is 3.74. The molecule has 0 N–H and O–H groups in total. The fraction of sp³-hybridized carbons (Fsp3) is 0.185. The van der Waals surface area contributed by atoms with E-state index in [-0.39, 0.29) is 0 Å². The summed E-state index contributed by atoms with van der Waals surface area (Å²) in [5, 5.41) is 2.01. The molecule has 1 atom stereocenters. The third-order valence-corrected chi connectivity index (χ3v) is 5.68. The van der Waals surface area contributed by atoms with Gasteiger partial charge in [-0.2, -0.15) is 0 Å². The van der Waals surface area contributed by atoms with Crippen molar-refractivity contribution in [3.05, 3.63) is 84.2 Å². The van der Waals surface area contributed by atoms with Crippen LogP contribution in [-0.4, -0.2) is 4.98 Å². The van der Waals surface area contributed by atoms with Crippen LogP contribution in [0.2, 0.25) is 0 Å². The lowest BCUT2D eigenvalue weighted by Crippen LogP contribution is -2.30. The first-order valence-corrected chi connectivity index (χ1v) is 9.96. The van der Waals surface area contributed by atoms with Crippen molar-refractivity contribution in [3.8, 4) is 22.4 Å². The molecule has 3 nitrogen and oxygen atoms in total. The van der Waals surface area contributed by atoms with E-state index >= 15 is 0 Å². The van der Waals surface area contributed by atoms with Gasteiger partial charge in [0.25, 0.3) is 0 Å². The first-order chi connectivity index (χ1) is 16.1. The predicted octanol–water partition coefficient (Wildman–Crippen LogP) is 6.57. The van der Waals surface area contributed by atoms with E-state index in [1.807, 2.05) is 43.6 Å². The Morgan fingerprint density at radius 2 is 1.87 bits per heavy atom. The molecule has 30 heavy (non-hydrogen) atoms. The van der Waals surface area contributed by atoms with Gasteiger partial charge in [-0.15, -0.1) is 0 Å². The minimum atomic E-state index is -2.40. The summed E-state index contributed by atoms with van der Waals surface area (Å²) in [6, 6.07) is 19.5. The largest absolute Gasteiger partial charge is 0.437 e. The molecule has 2 aromatic carbocycles. The van der Waals surface area contributed by atoms with Crippen LogP contribution in [0, 0.1) is 6.92 Å². The van der Waals surface area contributed by atoms with Gasteiger partial charge in [-0.3, -0.25) is 0 Å². The van der Waals surface area contributed by atoms with E-state index in [0.717, 1.165) is 44.3 Å². The van der Waals surface area contributed by atoms with Gasteiger partial charge in [-0.05, 0) is 47.2 Å². The van der Waals surface area contributed by atoms with Crippen molar-refractivity contribution >= 4 is 22.1 Å². The van der Waals surface area contributed by atoms with Gasteiger partial charge < -0.3 is 4.42 Å². The monoisotopic (exact) mass is 397 g/mol. The van der Waals surface area contributed by atoms with Crippen LogP contribution >= 0.6 is 0 Å². The molecule has 3 aromatic heterocycles. The van der Waals surface area contributed by atoms with Crippen LogP contribution in [0.25, 0.3) is 44.5 Å². The van der Waals surface area contributed by atoms with Crippen LogP contribution in [0.3, 0.4) is 0 Å². The Bertz CT molecular complexity index is 1530. The van der Waals surface area contributed by atoms with Gasteiger partial charge in [-0.25, -0.2) is 9.55 Å². The minimum absolute atomic E-state index is 0.466. The number of pyridine rings is 2. The lowest BCUT2D eigenvalue weighted by atomic mass is 9.96. The fourth-order valence-electron chi connectivity index (χ4n) is 4.00. The Balaban J connectivity index is 1.64. The average Bonchev–Trinajstić information content (AvgIpc) is 3.17. The first-order valence-electron chi connectivity index (χ1n) is 12.0. The van der Waals surface area contributed by atoms with Crippen LogP contribution < -0.4 is 4.57 Å². The van der Waals surface area contributed by atoms with E-state index < -0.39 is 12.7 Å². The van der Waals surface area contributed by atoms with Crippen LogP contribution in [0.15, 0.2) is 77.5 Å². The molecular formula is C27H25N2O+. The molecular weight excluding hydrogens is 368 g/mol. The molecule has 0 bridgehead atoms. The van der Waals surface area contributed by atoms with Gasteiger partial charge in [0.2, 0.25) is 11.4 Å². The lowest BCUT2D eigenvalue weighted by Gasteiger charge is -2.09. The molecule has 148 valence electrons. The Morgan fingerprint density at radius 1 is 1.03 bits per heavy atom. The topological polar surface area (TPSA) is 29.9 Å². The predicted molar refractivity (Wildman–Crippen MR) is 122 cm³/mol. The molecule has 0 aliphatic heterocycles. The average molecular weight is 398 g/mol. The number of nitrogens with zero attached hydrogens (tertiary/aromatic N) is 2. The summed E-state index contributed by atoms with van der Waals surface area (Å²) in [4.78, 5) is 4.39. The van der Waals surface area contributed by atoms with Gasteiger partial charge in [0.05, 0.1) is 5.56 Å². The molecule has 5 aromatic rings. The van der Waals surface area contributed by atoms with E-state index in [2.05, 4.69) is 34.7 Å². The molecule has 3 heterocycles. The number of furan rings is 1. The number of aryl methyl sites for hydroxylation is 2. The van der Waals surface area contributed by atoms with Crippen LogP contribution in [-0.2, 0) is 7.05 Å². The SMILES string of the molecule is [2H]C([2H])([2H])C([2H])(C)c1ccc(-c2cc[n+](C)c(-c3c(C)ccc4c3oc3ncccc34)c2)cc1. The number of fused-ring (bicyclic) bond motifs is 3. The smallest absolute Gasteiger partial charge is 0.227 e. The van der Waals surface area contributed by atoms with E-state index in [1.165, 1.54) is 6.92 Å². The second-order valence-corrected chi connectivity index (χ2v) is 7.71. The van der Waals surface area contributed by atoms with Crippen molar-refractivity contribution in [1.82, 2.24) is 4.98 Å². The molecule has 0 spiro atoms. The molecule has 0 aliphatic carbocycles. The first kappa shape index (κ1) is 14.5. The summed E-state index contributed by atoms with van der Waals surface area (Å²) < 4.78 is 39.7. The van der Waals surface area contributed by atoms with E-state index in [9.17, 15) is 0 Å². The number of rotatable bonds is 3. The van der Waals surface area contributed by atoms with Crippen LogP contribution in [0.1, 0.15) is 36.3 Å². The third kappa shape index (κ3) is 2.98. The van der Waals surface area contributed by atoms with Crippen molar-refractivity contribution in [1.29, 1.82) is 0 Å². The van der Waals surface area contributed by atoms with Crippen molar-refractivity contribution in [3.63, 3.8) is 0 Å². The molecule has 0 saturated carbocycles. The Kier molecular flexibility index (Phi) is 3.43. The second-order valence-electron chi connectivity index (χ2n) is 7.71. The van der Waals surface area contributed by atoms with E-state index in [4.69, 9.17) is 9.90 Å². The van der Waals surface area contributed by atoms with Gasteiger partial charge in [0, 0.05) is 34.6 Å². The summed E-state index contributed by atoms with van der Waals surface area (Å²) in [7, 11) is 2.00. The highest BCUT2D eigenvalue weighted by atomic mass is 16.3. The van der Waals surface area contributed by atoms with Gasteiger partial charge in [0.15, 0.2) is 11.8 Å². The minimum Gasteiger partial charge on any atom is -0.437 e. The lowest BCUT2D eigenvalue weighted by molar-refractivity contribution is -0.660. The normalized spacial score (nSPS) is 16.0. The van der Waals surface area contributed by atoms with Crippen molar-refractivity contribution in [2.24, 2.45) is 7.05 Å². The van der Waals surface area contributed by atoms with Crippen LogP contribution in [0.4, 0.5) is 0 Å². The number of hydrogen-bond acceptors (Lipinski definition) is 2. The highest BCUT2D eigenvalue weighted by molar-refractivity contribution is 6.08. The molecule has 3 heteroatoms. The van der Waals surface area contributed by atoms with Gasteiger partial charge in [0.1, 0.15) is 7.05 Å². The van der Waals surface area contributed by atoms with Crippen molar-refractivity contribution in [2.75, 3.05) is 0 Å². The maximum absolute atomic E-state index is 8.33. The number of benzene rings is 2. The zero-order chi connectivity index (χ0) is 24.3. The molecule has 0 amide bonds. The van der Waals surface area contributed by atoms with E-state index in [1.54, 1.807) is 18.3 Å². The molecule has 0 fully saturated rings. The Morgan fingerprint density at radius 3 is 2.67 bits per heavy atom. The summed E-state index contributed by atoms with van der Waals surface area (Å²) in [6.45, 7) is 1.10. The van der Waals surface area contributed by atoms with E-state index in [0.29, 0.717) is 11.3 Å². The molecule has 5 rings (SSSR count). The van der Waals surface area contributed by atoms with Gasteiger partial charge >= 0.3 is 0 Å². The summed E-state index contributed by atoms with van der Waals surface area (Å²) in [5.41, 5.74) is 6.93. The molecule has 1 unspecified atom stereocenters. The van der Waals surface area contributed by atoms with Crippen molar-refractivity contribution in [2.45, 2.75) is 26.6 Å². The zero-order valence-electron chi connectivity index (χ0n) is 21.2. The molecule has 0 saturated heterocycles. The second kappa shape index (κ2) is 7.10. The maximum atomic E-state index is 8.33. The summed E-state index contributed by atoms with van der Waals surface area (Å²) >= 11 is 0. The highest BCUT2D eigenvalue weighted by Crippen LogP contribution is 2.37. The highest BCUT2D eigenvalue weighted by Gasteiger charge is 2.21. The Hall–Kier alpha value is -3.46. The quantitative estimate of drug-likeness (QED) is 0.322. The fourth-order valence-corrected chi connectivity index (χ4v) is 4.00. The third-order valence-electron chi connectivity index (χ3n) is 5.68. The number of hydrogen-bond donors (Lipinski definition) is 0. The zero-order valence-corrected chi connectivity index (χ0v) is 17.2. The van der Waals surface area contributed by atoms with Gasteiger partial charge in [-0.1, -0.05) is 50.2 Å². The summed E-state index contributed by atoms with van der Waals surface area (Å²) in [5.74, 6) is -1.66. The van der Waals surface area contributed by atoms with Crippen LogP contribution in [0.5, 0.6) is 0 Å².